The Balaban J connectivity index is 2.42. The zero-order valence-corrected chi connectivity index (χ0v) is 16.5. The van der Waals surface area contributed by atoms with Crippen LogP contribution in [0.1, 0.15) is 60.1 Å². The summed E-state index contributed by atoms with van der Waals surface area (Å²) in [6.45, 7) is 4.31. The van der Waals surface area contributed by atoms with Gasteiger partial charge < -0.3 is 20.4 Å². The minimum absolute atomic E-state index is 0.144. The molecule has 148 valence electrons. The highest BCUT2D eigenvalue weighted by Crippen LogP contribution is 2.33. The Hall–Kier alpha value is -2.04. The van der Waals surface area contributed by atoms with E-state index in [1.54, 1.807) is 0 Å². The molecule has 0 heterocycles. The Morgan fingerprint density at radius 2 is 1.00 bits per heavy atom. The van der Waals surface area contributed by atoms with Crippen molar-refractivity contribution in [3.63, 3.8) is 0 Å². The van der Waals surface area contributed by atoms with Crippen molar-refractivity contribution in [2.45, 2.75) is 58.8 Å². The molecule has 0 aromatic heterocycles. The fraction of sp³-hybridized carbons (Fsp3) is 0.478. The van der Waals surface area contributed by atoms with Crippen molar-refractivity contribution in [1.82, 2.24) is 0 Å². The lowest BCUT2D eigenvalue weighted by Crippen LogP contribution is -2.00. The molecule has 0 saturated heterocycles. The van der Waals surface area contributed by atoms with Crippen LogP contribution >= 0.6 is 0 Å². The SMILES string of the molecule is CCc1cc(CCCO)cc(Cc2cc(CCCO)cc(CC)c2O)c1O. The van der Waals surface area contributed by atoms with Crippen LogP contribution < -0.4 is 0 Å². The number of aliphatic hydroxyl groups excluding tert-OH is 2. The largest absolute Gasteiger partial charge is 0.507 e. The first-order valence-electron chi connectivity index (χ1n) is 9.92. The van der Waals surface area contributed by atoms with Crippen LogP contribution in [0.4, 0.5) is 0 Å². The third-order valence-electron chi connectivity index (χ3n) is 5.04. The van der Waals surface area contributed by atoms with Gasteiger partial charge in [0, 0.05) is 19.6 Å². The predicted octanol–water partition coefficient (Wildman–Crippen LogP) is 3.66. The highest BCUT2D eigenvalue weighted by molar-refractivity contribution is 5.51. The van der Waals surface area contributed by atoms with Crippen molar-refractivity contribution in [3.05, 3.63) is 57.6 Å². The van der Waals surface area contributed by atoms with Crippen LogP contribution in [0.25, 0.3) is 0 Å². The van der Waals surface area contributed by atoms with E-state index in [-0.39, 0.29) is 13.2 Å². The van der Waals surface area contributed by atoms with E-state index in [0.717, 1.165) is 59.1 Å². The molecular weight excluding hydrogens is 340 g/mol. The Bertz CT molecular complexity index is 689. The number of phenolic OH excluding ortho intramolecular Hbond substituents is 2. The van der Waals surface area contributed by atoms with Gasteiger partial charge in [-0.05, 0) is 71.9 Å². The molecule has 0 saturated carbocycles. The van der Waals surface area contributed by atoms with E-state index in [1.165, 1.54) is 0 Å². The molecule has 0 radical (unpaired) electrons. The van der Waals surface area contributed by atoms with E-state index < -0.39 is 0 Å². The summed E-state index contributed by atoms with van der Waals surface area (Å²) in [5, 5.41) is 39.5. The van der Waals surface area contributed by atoms with Gasteiger partial charge >= 0.3 is 0 Å². The second-order valence-electron chi connectivity index (χ2n) is 7.06. The van der Waals surface area contributed by atoms with Gasteiger partial charge in [0.1, 0.15) is 11.5 Å². The first-order valence-corrected chi connectivity index (χ1v) is 9.92. The summed E-state index contributed by atoms with van der Waals surface area (Å²) in [7, 11) is 0. The van der Waals surface area contributed by atoms with Crippen LogP contribution in [-0.2, 0) is 32.1 Å². The van der Waals surface area contributed by atoms with Gasteiger partial charge in [-0.1, -0.05) is 38.1 Å². The lowest BCUT2D eigenvalue weighted by Gasteiger charge is -2.16. The summed E-state index contributed by atoms with van der Waals surface area (Å²) in [5.41, 5.74) is 5.60. The maximum atomic E-state index is 10.7. The third kappa shape index (κ3) is 5.47. The van der Waals surface area contributed by atoms with Gasteiger partial charge in [-0.15, -0.1) is 0 Å². The number of phenols is 2. The number of hydrogen-bond donors (Lipinski definition) is 4. The normalized spacial score (nSPS) is 11.1. The van der Waals surface area contributed by atoms with Gasteiger partial charge in [-0.25, -0.2) is 0 Å². The van der Waals surface area contributed by atoms with Crippen molar-refractivity contribution in [2.24, 2.45) is 0 Å². The van der Waals surface area contributed by atoms with E-state index in [0.29, 0.717) is 30.8 Å². The summed E-state index contributed by atoms with van der Waals surface area (Å²) in [6, 6.07) is 7.97. The maximum Gasteiger partial charge on any atom is 0.122 e. The molecule has 0 unspecified atom stereocenters. The van der Waals surface area contributed by atoms with Crippen LogP contribution in [0.2, 0.25) is 0 Å². The summed E-state index contributed by atoms with van der Waals surface area (Å²) in [5.74, 6) is 0.590. The fourth-order valence-corrected chi connectivity index (χ4v) is 3.53. The van der Waals surface area contributed by atoms with Gasteiger partial charge in [0.05, 0.1) is 0 Å². The van der Waals surface area contributed by atoms with Crippen LogP contribution in [0.3, 0.4) is 0 Å². The van der Waals surface area contributed by atoms with E-state index in [2.05, 4.69) is 0 Å². The molecule has 0 aliphatic carbocycles. The molecule has 0 aliphatic heterocycles. The summed E-state index contributed by atoms with van der Waals surface area (Å²) < 4.78 is 0. The van der Waals surface area contributed by atoms with E-state index in [9.17, 15) is 10.2 Å². The summed E-state index contributed by atoms with van der Waals surface area (Å²) in [4.78, 5) is 0. The Labute approximate surface area is 162 Å². The number of aromatic hydroxyl groups is 2. The van der Waals surface area contributed by atoms with E-state index in [1.807, 2.05) is 38.1 Å². The summed E-state index contributed by atoms with van der Waals surface area (Å²) in [6.07, 6.45) is 4.82. The molecule has 2 rings (SSSR count). The molecule has 4 nitrogen and oxygen atoms in total. The standard InChI is InChI=1S/C23H32O4/c1-3-18-11-16(7-5-9-24)13-20(22(18)26)15-21-14-17(8-6-10-25)12-19(4-2)23(21)27/h11-14,24-27H,3-10,15H2,1-2H3. The third-order valence-corrected chi connectivity index (χ3v) is 5.04. The molecule has 0 bridgehead atoms. The lowest BCUT2D eigenvalue weighted by molar-refractivity contribution is 0.288. The number of aryl methyl sites for hydroxylation is 4. The van der Waals surface area contributed by atoms with Crippen LogP contribution in [-0.4, -0.2) is 33.6 Å². The molecule has 4 N–H and O–H groups in total. The van der Waals surface area contributed by atoms with Crippen molar-refractivity contribution in [2.75, 3.05) is 13.2 Å². The Morgan fingerprint density at radius 3 is 1.33 bits per heavy atom. The van der Waals surface area contributed by atoms with Gasteiger partial charge in [-0.3, -0.25) is 0 Å². The molecule has 0 fully saturated rings. The highest BCUT2D eigenvalue weighted by atomic mass is 16.3. The van der Waals surface area contributed by atoms with Gasteiger partial charge in [0.2, 0.25) is 0 Å². The lowest BCUT2D eigenvalue weighted by atomic mass is 9.92. The average molecular weight is 373 g/mol. The second-order valence-corrected chi connectivity index (χ2v) is 7.06. The Morgan fingerprint density at radius 1 is 0.630 bits per heavy atom. The minimum atomic E-state index is 0.144. The molecule has 4 heteroatoms. The van der Waals surface area contributed by atoms with Crippen molar-refractivity contribution in [1.29, 1.82) is 0 Å². The molecule has 2 aromatic carbocycles. The number of rotatable bonds is 10. The topological polar surface area (TPSA) is 80.9 Å². The number of hydrogen-bond acceptors (Lipinski definition) is 4. The molecule has 0 amide bonds. The molecule has 2 aromatic rings. The molecule has 0 aliphatic rings. The quantitative estimate of drug-likeness (QED) is 0.513. The van der Waals surface area contributed by atoms with Crippen molar-refractivity contribution in [3.8, 4) is 11.5 Å². The second kappa shape index (κ2) is 10.3. The first kappa shape index (κ1) is 21.3. The van der Waals surface area contributed by atoms with Crippen LogP contribution in [0.15, 0.2) is 24.3 Å². The molecule has 27 heavy (non-hydrogen) atoms. The molecular formula is C23H32O4. The first-order chi connectivity index (χ1) is 13.0. The van der Waals surface area contributed by atoms with Gasteiger partial charge in [-0.2, -0.15) is 0 Å². The number of aliphatic hydroxyl groups is 2. The van der Waals surface area contributed by atoms with Crippen LogP contribution in [0, 0.1) is 0 Å². The minimum Gasteiger partial charge on any atom is -0.507 e. The Kier molecular flexibility index (Phi) is 8.14. The predicted molar refractivity (Wildman–Crippen MR) is 109 cm³/mol. The van der Waals surface area contributed by atoms with Gasteiger partial charge in [0.25, 0.3) is 0 Å². The maximum absolute atomic E-state index is 10.7. The van der Waals surface area contributed by atoms with E-state index >= 15 is 0 Å². The molecule has 0 atom stereocenters. The van der Waals surface area contributed by atoms with Gasteiger partial charge in [0.15, 0.2) is 0 Å². The monoisotopic (exact) mass is 372 g/mol. The molecule has 0 spiro atoms. The van der Waals surface area contributed by atoms with E-state index in [4.69, 9.17) is 10.2 Å². The number of benzene rings is 2. The van der Waals surface area contributed by atoms with Crippen molar-refractivity contribution >= 4 is 0 Å². The highest BCUT2D eigenvalue weighted by Gasteiger charge is 2.14. The van der Waals surface area contributed by atoms with Crippen LogP contribution in [0.5, 0.6) is 11.5 Å². The average Bonchev–Trinajstić information content (AvgIpc) is 2.68. The fourth-order valence-electron chi connectivity index (χ4n) is 3.53. The van der Waals surface area contributed by atoms with Crippen molar-refractivity contribution < 1.29 is 20.4 Å². The zero-order valence-electron chi connectivity index (χ0n) is 16.5. The summed E-state index contributed by atoms with van der Waals surface area (Å²) >= 11 is 0. The zero-order chi connectivity index (χ0) is 19.8. The smallest absolute Gasteiger partial charge is 0.122 e.